The van der Waals surface area contributed by atoms with Crippen LogP contribution >= 0.6 is 0 Å². The average molecular weight is 258 g/mol. The summed E-state index contributed by atoms with van der Waals surface area (Å²) in [6.45, 7) is 5.04. The van der Waals surface area contributed by atoms with Crippen molar-refractivity contribution >= 4 is 12.0 Å². The van der Waals surface area contributed by atoms with Crippen LogP contribution in [0.1, 0.15) is 26.7 Å². The summed E-state index contributed by atoms with van der Waals surface area (Å²) in [6.07, 6.45) is 1.89. The number of amides is 2. The number of nitrogens with one attached hydrogen (secondary N) is 1. The maximum Gasteiger partial charge on any atom is 0.328 e. The lowest BCUT2D eigenvalue weighted by molar-refractivity contribution is -0.140. The zero-order valence-electron chi connectivity index (χ0n) is 10.9. The van der Waals surface area contributed by atoms with E-state index in [0.29, 0.717) is 24.9 Å². The van der Waals surface area contributed by atoms with E-state index in [9.17, 15) is 9.59 Å². The van der Waals surface area contributed by atoms with Crippen LogP contribution in [-0.4, -0.2) is 52.9 Å². The molecular formula is C12H22N2O4. The second-order valence-electron chi connectivity index (χ2n) is 5.09. The van der Waals surface area contributed by atoms with Crippen molar-refractivity contribution in [3.05, 3.63) is 0 Å². The third-order valence-electron chi connectivity index (χ3n) is 3.55. The molecule has 0 aromatic rings. The third kappa shape index (κ3) is 3.87. The Morgan fingerprint density at radius 3 is 2.28 bits per heavy atom. The van der Waals surface area contributed by atoms with Crippen LogP contribution in [0, 0.1) is 11.8 Å². The first-order chi connectivity index (χ1) is 8.45. The molecule has 0 aromatic carbocycles. The SMILES string of the molecule is CC(C)C1CCN(C(=O)NC(CO)C(=O)O)CC1. The number of nitrogens with zero attached hydrogens (tertiary/aromatic N) is 1. The van der Waals surface area contributed by atoms with E-state index in [1.807, 2.05) is 0 Å². The second kappa shape index (κ2) is 6.58. The predicted molar refractivity (Wildman–Crippen MR) is 66.2 cm³/mol. The number of urea groups is 1. The number of aliphatic hydroxyl groups is 1. The normalized spacial score (nSPS) is 18.8. The molecule has 0 aliphatic carbocycles. The molecule has 6 heteroatoms. The highest BCUT2D eigenvalue weighted by atomic mass is 16.4. The molecular weight excluding hydrogens is 236 g/mol. The number of aliphatic hydroxyl groups excluding tert-OH is 1. The molecule has 1 aliphatic rings. The van der Waals surface area contributed by atoms with Gasteiger partial charge in [-0.2, -0.15) is 0 Å². The van der Waals surface area contributed by atoms with Crippen molar-refractivity contribution in [2.75, 3.05) is 19.7 Å². The zero-order chi connectivity index (χ0) is 13.7. The standard InChI is InChI=1S/C12H22N2O4/c1-8(2)9-3-5-14(6-4-9)12(18)13-10(7-15)11(16)17/h8-10,15H,3-7H2,1-2H3,(H,13,18)(H,16,17). The van der Waals surface area contributed by atoms with Gasteiger partial charge in [0.05, 0.1) is 6.61 Å². The Kier molecular flexibility index (Phi) is 5.40. The number of hydrogen-bond donors (Lipinski definition) is 3. The van der Waals surface area contributed by atoms with E-state index in [-0.39, 0.29) is 0 Å². The summed E-state index contributed by atoms with van der Waals surface area (Å²) in [5.41, 5.74) is 0. The van der Waals surface area contributed by atoms with Crippen LogP contribution in [-0.2, 0) is 4.79 Å². The lowest BCUT2D eigenvalue weighted by Gasteiger charge is -2.34. The van der Waals surface area contributed by atoms with Gasteiger partial charge >= 0.3 is 12.0 Å². The van der Waals surface area contributed by atoms with Gasteiger partial charge in [0.2, 0.25) is 0 Å². The van der Waals surface area contributed by atoms with Crippen molar-refractivity contribution < 1.29 is 19.8 Å². The van der Waals surface area contributed by atoms with Gasteiger partial charge in [0.1, 0.15) is 0 Å². The fourth-order valence-electron chi connectivity index (χ4n) is 2.20. The Hall–Kier alpha value is -1.30. The Balaban J connectivity index is 2.42. The molecule has 1 rings (SSSR count). The zero-order valence-corrected chi connectivity index (χ0v) is 10.9. The van der Waals surface area contributed by atoms with Gasteiger partial charge in [0.25, 0.3) is 0 Å². The molecule has 0 radical (unpaired) electrons. The summed E-state index contributed by atoms with van der Waals surface area (Å²) in [7, 11) is 0. The second-order valence-corrected chi connectivity index (χ2v) is 5.09. The summed E-state index contributed by atoms with van der Waals surface area (Å²) in [4.78, 5) is 24.1. The number of carbonyl (C=O) groups is 2. The molecule has 1 atom stereocenters. The summed E-state index contributed by atoms with van der Waals surface area (Å²) in [5.74, 6) is 0.0181. The Morgan fingerprint density at radius 1 is 1.33 bits per heavy atom. The number of likely N-dealkylation sites (tertiary alicyclic amines) is 1. The average Bonchev–Trinajstić information content (AvgIpc) is 2.35. The monoisotopic (exact) mass is 258 g/mol. The maximum atomic E-state index is 11.8. The highest BCUT2D eigenvalue weighted by Gasteiger charge is 2.27. The number of aliphatic carboxylic acids is 1. The fraction of sp³-hybridized carbons (Fsp3) is 0.833. The number of rotatable bonds is 4. The van der Waals surface area contributed by atoms with Crippen LogP contribution in [0.4, 0.5) is 4.79 Å². The minimum atomic E-state index is -1.22. The van der Waals surface area contributed by atoms with Crippen molar-refractivity contribution in [2.45, 2.75) is 32.7 Å². The van der Waals surface area contributed by atoms with Crippen LogP contribution in [0.25, 0.3) is 0 Å². The molecule has 18 heavy (non-hydrogen) atoms. The van der Waals surface area contributed by atoms with Crippen molar-refractivity contribution in [1.82, 2.24) is 10.2 Å². The van der Waals surface area contributed by atoms with Gasteiger partial charge in [-0.05, 0) is 24.7 Å². The van der Waals surface area contributed by atoms with Crippen molar-refractivity contribution in [3.63, 3.8) is 0 Å². The quantitative estimate of drug-likeness (QED) is 0.685. The van der Waals surface area contributed by atoms with Crippen LogP contribution in [0.5, 0.6) is 0 Å². The van der Waals surface area contributed by atoms with Gasteiger partial charge in [-0.1, -0.05) is 13.8 Å². The largest absolute Gasteiger partial charge is 0.480 e. The van der Waals surface area contributed by atoms with E-state index in [1.165, 1.54) is 0 Å². The van der Waals surface area contributed by atoms with E-state index in [4.69, 9.17) is 10.2 Å². The summed E-state index contributed by atoms with van der Waals surface area (Å²) < 4.78 is 0. The first kappa shape index (κ1) is 14.8. The smallest absolute Gasteiger partial charge is 0.328 e. The van der Waals surface area contributed by atoms with E-state index in [2.05, 4.69) is 19.2 Å². The third-order valence-corrected chi connectivity index (χ3v) is 3.55. The van der Waals surface area contributed by atoms with Crippen molar-refractivity contribution in [3.8, 4) is 0 Å². The molecule has 0 saturated carbocycles. The number of carboxylic acid groups (broad SMARTS) is 1. The minimum Gasteiger partial charge on any atom is -0.480 e. The van der Waals surface area contributed by atoms with Crippen LogP contribution < -0.4 is 5.32 Å². The molecule has 1 heterocycles. The molecule has 1 fully saturated rings. The molecule has 1 aliphatic heterocycles. The summed E-state index contributed by atoms with van der Waals surface area (Å²) in [5, 5.41) is 19.9. The lowest BCUT2D eigenvalue weighted by atomic mass is 9.87. The molecule has 0 spiro atoms. The van der Waals surface area contributed by atoms with Crippen molar-refractivity contribution in [1.29, 1.82) is 0 Å². The van der Waals surface area contributed by atoms with Crippen molar-refractivity contribution in [2.24, 2.45) is 11.8 Å². The van der Waals surface area contributed by atoms with E-state index in [1.54, 1.807) is 4.90 Å². The van der Waals surface area contributed by atoms with Gasteiger partial charge < -0.3 is 20.4 Å². The molecule has 2 amide bonds. The molecule has 0 aromatic heterocycles. The van der Waals surface area contributed by atoms with E-state index in [0.717, 1.165) is 12.8 Å². The first-order valence-electron chi connectivity index (χ1n) is 6.34. The lowest BCUT2D eigenvalue weighted by Crippen LogP contribution is -2.51. The Bertz CT molecular complexity index is 298. The molecule has 1 saturated heterocycles. The molecule has 6 nitrogen and oxygen atoms in total. The topological polar surface area (TPSA) is 89.9 Å². The number of hydrogen-bond acceptors (Lipinski definition) is 3. The fourth-order valence-corrected chi connectivity index (χ4v) is 2.20. The summed E-state index contributed by atoms with van der Waals surface area (Å²) in [6, 6.07) is -1.63. The highest BCUT2D eigenvalue weighted by molar-refractivity contribution is 5.82. The molecule has 3 N–H and O–H groups in total. The highest BCUT2D eigenvalue weighted by Crippen LogP contribution is 2.24. The summed E-state index contributed by atoms with van der Waals surface area (Å²) >= 11 is 0. The van der Waals surface area contributed by atoms with Crippen LogP contribution in [0.15, 0.2) is 0 Å². The van der Waals surface area contributed by atoms with Gasteiger partial charge in [0, 0.05) is 13.1 Å². The number of carboxylic acids is 1. The minimum absolute atomic E-state index is 0.404. The first-order valence-corrected chi connectivity index (χ1v) is 6.34. The van der Waals surface area contributed by atoms with Crippen LogP contribution in [0.3, 0.4) is 0 Å². The number of carbonyl (C=O) groups excluding carboxylic acids is 1. The Labute approximate surface area is 107 Å². The van der Waals surface area contributed by atoms with Gasteiger partial charge in [0.15, 0.2) is 6.04 Å². The van der Waals surface area contributed by atoms with E-state index < -0.39 is 24.6 Å². The maximum absolute atomic E-state index is 11.8. The molecule has 104 valence electrons. The van der Waals surface area contributed by atoms with Gasteiger partial charge in [-0.25, -0.2) is 9.59 Å². The Morgan fingerprint density at radius 2 is 1.89 bits per heavy atom. The van der Waals surface area contributed by atoms with E-state index >= 15 is 0 Å². The van der Waals surface area contributed by atoms with Crippen LogP contribution in [0.2, 0.25) is 0 Å². The number of piperidine rings is 1. The molecule has 0 bridgehead atoms. The van der Waals surface area contributed by atoms with Gasteiger partial charge in [-0.3, -0.25) is 0 Å². The predicted octanol–water partition coefficient (Wildman–Crippen LogP) is 0.509. The van der Waals surface area contributed by atoms with Gasteiger partial charge in [-0.15, -0.1) is 0 Å². The molecule has 1 unspecified atom stereocenters.